The zero-order valence-electron chi connectivity index (χ0n) is 13.3. The van der Waals surface area contributed by atoms with Crippen LogP contribution in [0.25, 0.3) is 0 Å². The molecule has 0 atom stereocenters. The summed E-state index contributed by atoms with van der Waals surface area (Å²) in [6.07, 6.45) is 19.0. The van der Waals surface area contributed by atoms with E-state index < -0.39 is 0 Å². The Morgan fingerprint density at radius 2 is 1.30 bits per heavy atom. The molecule has 0 spiro atoms. The highest BCUT2D eigenvalue weighted by molar-refractivity contribution is 5.23. The average molecular weight is 270 g/mol. The van der Waals surface area contributed by atoms with Gasteiger partial charge in [-0.15, -0.1) is 0 Å². The molecule has 0 aliphatic heterocycles. The largest absolute Gasteiger partial charge is 0.0917 e. The van der Waals surface area contributed by atoms with Gasteiger partial charge in [0.25, 0.3) is 0 Å². The summed E-state index contributed by atoms with van der Waals surface area (Å²) >= 11 is 0. The maximum Gasteiger partial charge on any atom is -0.0244 e. The minimum Gasteiger partial charge on any atom is -0.0917 e. The van der Waals surface area contributed by atoms with Gasteiger partial charge in [0.1, 0.15) is 0 Å². The van der Waals surface area contributed by atoms with E-state index in [1.807, 2.05) is 0 Å². The number of allylic oxidation sites excluding steroid dienone is 4. The first-order valence-electron chi connectivity index (χ1n) is 8.20. The third-order valence-corrected chi connectivity index (χ3v) is 3.60. The number of hydrogen-bond donors (Lipinski definition) is 0. The normalized spacial score (nSPS) is 11.7. The molecular formula is C20H30. The third kappa shape index (κ3) is 7.99. The van der Waals surface area contributed by atoms with Crippen LogP contribution < -0.4 is 0 Å². The summed E-state index contributed by atoms with van der Waals surface area (Å²) in [6.45, 7) is 4.34. The second-order valence-electron chi connectivity index (χ2n) is 5.43. The predicted molar refractivity (Wildman–Crippen MR) is 91.2 cm³/mol. The van der Waals surface area contributed by atoms with E-state index in [0.717, 1.165) is 12.8 Å². The molecule has 0 fully saturated rings. The van der Waals surface area contributed by atoms with Crippen LogP contribution in [0.4, 0.5) is 0 Å². The molecule has 0 saturated carbocycles. The van der Waals surface area contributed by atoms with E-state index in [1.165, 1.54) is 49.7 Å². The zero-order chi connectivity index (χ0) is 14.5. The summed E-state index contributed by atoms with van der Waals surface area (Å²) in [5, 5.41) is 0. The number of rotatable bonds is 10. The first kappa shape index (κ1) is 16.8. The molecule has 0 N–H and O–H groups in total. The van der Waals surface area contributed by atoms with Gasteiger partial charge in [0.15, 0.2) is 0 Å². The number of aryl methyl sites for hydroxylation is 2. The lowest BCUT2D eigenvalue weighted by atomic mass is 10.0. The third-order valence-electron chi connectivity index (χ3n) is 3.60. The van der Waals surface area contributed by atoms with Crippen molar-refractivity contribution in [2.24, 2.45) is 0 Å². The lowest BCUT2D eigenvalue weighted by Crippen LogP contribution is -1.87. The van der Waals surface area contributed by atoms with Gasteiger partial charge in [0, 0.05) is 0 Å². The van der Waals surface area contributed by atoms with E-state index >= 15 is 0 Å². The van der Waals surface area contributed by atoms with Gasteiger partial charge in [-0.1, -0.05) is 68.3 Å². The van der Waals surface area contributed by atoms with E-state index in [9.17, 15) is 0 Å². The molecule has 0 aromatic heterocycles. The molecular weight excluding hydrogens is 240 g/mol. The van der Waals surface area contributed by atoms with Crippen LogP contribution in [0.1, 0.15) is 63.5 Å². The average Bonchev–Trinajstić information content (AvgIpc) is 2.48. The van der Waals surface area contributed by atoms with Crippen LogP contribution in [-0.2, 0) is 12.8 Å². The molecule has 1 aromatic rings. The van der Waals surface area contributed by atoms with Crippen LogP contribution in [0.15, 0.2) is 48.6 Å². The lowest BCUT2D eigenvalue weighted by molar-refractivity contribution is 0.728. The van der Waals surface area contributed by atoms with Gasteiger partial charge in [-0.25, -0.2) is 0 Å². The fourth-order valence-corrected chi connectivity index (χ4v) is 2.29. The van der Waals surface area contributed by atoms with Crippen LogP contribution in [0, 0.1) is 0 Å². The molecule has 1 rings (SSSR count). The van der Waals surface area contributed by atoms with Crippen LogP contribution in [0.2, 0.25) is 0 Å². The van der Waals surface area contributed by atoms with Crippen molar-refractivity contribution in [3.8, 4) is 0 Å². The van der Waals surface area contributed by atoms with Gasteiger partial charge in [0.05, 0.1) is 0 Å². The Balaban J connectivity index is 2.20. The van der Waals surface area contributed by atoms with Gasteiger partial charge in [0.2, 0.25) is 0 Å². The molecule has 0 unspecified atom stereocenters. The molecule has 0 aliphatic rings. The first-order chi connectivity index (χ1) is 9.86. The van der Waals surface area contributed by atoms with E-state index in [4.69, 9.17) is 0 Å². The minimum atomic E-state index is 1.15. The van der Waals surface area contributed by atoms with Crippen LogP contribution in [0.3, 0.4) is 0 Å². The van der Waals surface area contributed by atoms with Crippen molar-refractivity contribution < 1.29 is 0 Å². The van der Waals surface area contributed by atoms with Gasteiger partial charge in [-0.3, -0.25) is 0 Å². The molecule has 0 heteroatoms. The van der Waals surface area contributed by atoms with E-state index in [2.05, 4.69) is 62.4 Å². The maximum absolute atomic E-state index is 2.35. The smallest absolute Gasteiger partial charge is 0.0244 e. The van der Waals surface area contributed by atoms with Gasteiger partial charge in [-0.2, -0.15) is 0 Å². The standard InChI is InChI=1S/C20H30/c1-3-5-7-8-9-10-12-14-20-17-15-19(16-18-20)13-11-6-4-2/h4,6,9-10,15-18H,3,5,7-8,11-14H2,1-2H3/b6-4+,10-9+. The second-order valence-corrected chi connectivity index (χ2v) is 5.43. The number of hydrogen-bond acceptors (Lipinski definition) is 0. The Labute approximate surface area is 125 Å². The number of unbranched alkanes of at least 4 members (excludes halogenated alkanes) is 3. The molecule has 0 bridgehead atoms. The highest BCUT2D eigenvalue weighted by Gasteiger charge is 1.94. The molecule has 0 amide bonds. The molecule has 20 heavy (non-hydrogen) atoms. The van der Waals surface area contributed by atoms with Crippen molar-refractivity contribution in [3.63, 3.8) is 0 Å². The van der Waals surface area contributed by atoms with Crippen molar-refractivity contribution in [2.45, 2.75) is 65.2 Å². The summed E-state index contributed by atoms with van der Waals surface area (Å²) in [4.78, 5) is 0. The van der Waals surface area contributed by atoms with Crippen LogP contribution in [-0.4, -0.2) is 0 Å². The van der Waals surface area contributed by atoms with Crippen LogP contribution in [0.5, 0.6) is 0 Å². The minimum absolute atomic E-state index is 1.15. The number of benzene rings is 1. The molecule has 1 aromatic carbocycles. The molecule has 110 valence electrons. The summed E-state index contributed by atoms with van der Waals surface area (Å²) in [7, 11) is 0. The Kier molecular flexibility index (Phi) is 9.65. The second kappa shape index (κ2) is 11.5. The fourth-order valence-electron chi connectivity index (χ4n) is 2.29. The molecule has 0 radical (unpaired) electrons. The topological polar surface area (TPSA) is 0 Å². The van der Waals surface area contributed by atoms with Crippen molar-refractivity contribution >= 4 is 0 Å². The monoisotopic (exact) mass is 270 g/mol. The quantitative estimate of drug-likeness (QED) is 0.347. The Morgan fingerprint density at radius 3 is 1.85 bits per heavy atom. The SMILES string of the molecule is C/C=C/CCc1ccc(CC/C=C/CCCCC)cc1. The Morgan fingerprint density at radius 1 is 0.750 bits per heavy atom. The van der Waals surface area contributed by atoms with Crippen LogP contribution >= 0.6 is 0 Å². The Hall–Kier alpha value is -1.30. The van der Waals surface area contributed by atoms with E-state index in [0.29, 0.717) is 0 Å². The summed E-state index contributed by atoms with van der Waals surface area (Å²) < 4.78 is 0. The van der Waals surface area contributed by atoms with Crippen molar-refractivity contribution in [3.05, 3.63) is 59.7 Å². The summed E-state index contributed by atoms with van der Waals surface area (Å²) in [6, 6.07) is 9.14. The van der Waals surface area contributed by atoms with Crippen molar-refractivity contribution in [2.75, 3.05) is 0 Å². The fraction of sp³-hybridized carbons (Fsp3) is 0.500. The molecule has 0 saturated heterocycles. The highest BCUT2D eigenvalue weighted by atomic mass is 14.0. The van der Waals surface area contributed by atoms with E-state index in [-0.39, 0.29) is 0 Å². The van der Waals surface area contributed by atoms with Gasteiger partial charge >= 0.3 is 0 Å². The van der Waals surface area contributed by atoms with E-state index in [1.54, 1.807) is 0 Å². The van der Waals surface area contributed by atoms with Gasteiger partial charge < -0.3 is 0 Å². The summed E-state index contributed by atoms with van der Waals surface area (Å²) in [5.41, 5.74) is 2.90. The molecule has 0 nitrogen and oxygen atoms in total. The zero-order valence-corrected chi connectivity index (χ0v) is 13.3. The van der Waals surface area contributed by atoms with Crippen molar-refractivity contribution in [1.29, 1.82) is 0 Å². The first-order valence-corrected chi connectivity index (χ1v) is 8.20. The highest BCUT2D eigenvalue weighted by Crippen LogP contribution is 2.10. The maximum atomic E-state index is 2.35. The summed E-state index contributed by atoms with van der Waals surface area (Å²) in [5.74, 6) is 0. The predicted octanol–water partition coefficient (Wildman–Crippen LogP) is 6.26. The molecule has 0 heterocycles. The van der Waals surface area contributed by atoms with Crippen molar-refractivity contribution in [1.82, 2.24) is 0 Å². The van der Waals surface area contributed by atoms with Gasteiger partial charge in [-0.05, 0) is 56.6 Å². The Bertz CT molecular complexity index is 381. The lowest BCUT2D eigenvalue weighted by Gasteiger charge is -2.02. The molecule has 0 aliphatic carbocycles.